The number of rotatable bonds is 6. The second-order valence-electron chi connectivity index (χ2n) is 8.69. The second-order valence-corrected chi connectivity index (χ2v) is 8.69. The Morgan fingerprint density at radius 1 is 1.03 bits per heavy atom. The van der Waals surface area contributed by atoms with E-state index in [1.54, 1.807) is 4.52 Å². The van der Waals surface area contributed by atoms with Crippen molar-refractivity contribution in [3.63, 3.8) is 0 Å². The van der Waals surface area contributed by atoms with Crippen LogP contribution >= 0.6 is 0 Å². The molecule has 5 rings (SSSR count). The van der Waals surface area contributed by atoms with Crippen LogP contribution in [0.5, 0.6) is 0 Å². The van der Waals surface area contributed by atoms with E-state index in [1.165, 1.54) is 12.1 Å². The quantitative estimate of drug-likeness (QED) is 0.628. The molecule has 5 nitrogen and oxygen atoms in total. The molecule has 2 aliphatic rings. The lowest BCUT2D eigenvalue weighted by molar-refractivity contribution is 0.0763. The van der Waals surface area contributed by atoms with Gasteiger partial charge in [-0.2, -0.15) is 5.10 Å². The van der Waals surface area contributed by atoms with E-state index in [4.69, 9.17) is 4.98 Å². The van der Waals surface area contributed by atoms with Gasteiger partial charge in [-0.3, -0.25) is 0 Å². The molecular formula is C23H26F2N4O. The largest absolute Gasteiger partial charge is 0.393 e. The molecule has 2 saturated carbocycles. The maximum Gasteiger partial charge on any atom is 0.161 e. The zero-order valence-electron chi connectivity index (χ0n) is 16.8. The van der Waals surface area contributed by atoms with Gasteiger partial charge in [0.05, 0.1) is 18.0 Å². The van der Waals surface area contributed by atoms with E-state index in [-0.39, 0.29) is 12.0 Å². The van der Waals surface area contributed by atoms with Gasteiger partial charge in [-0.15, -0.1) is 0 Å². The third-order valence-electron chi connectivity index (χ3n) is 6.31. The number of nitrogens with one attached hydrogen (secondary N) is 1. The lowest BCUT2D eigenvalue weighted by Gasteiger charge is -2.27. The van der Waals surface area contributed by atoms with E-state index in [0.29, 0.717) is 24.4 Å². The summed E-state index contributed by atoms with van der Waals surface area (Å²) in [4.78, 5) is 4.80. The number of aliphatic hydroxyl groups excluding tert-OH is 1. The van der Waals surface area contributed by atoms with E-state index in [9.17, 15) is 13.9 Å². The highest BCUT2D eigenvalue weighted by molar-refractivity contribution is 5.56. The van der Waals surface area contributed by atoms with Crippen LogP contribution in [0.3, 0.4) is 0 Å². The average Bonchev–Trinajstić information content (AvgIpc) is 3.46. The van der Waals surface area contributed by atoms with Crippen molar-refractivity contribution in [2.45, 2.75) is 57.0 Å². The Bertz CT molecular complexity index is 1040. The van der Waals surface area contributed by atoms with Gasteiger partial charge in [0.15, 0.2) is 5.65 Å². The van der Waals surface area contributed by atoms with Gasteiger partial charge in [-0.05, 0) is 49.3 Å². The van der Waals surface area contributed by atoms with Gasteiger partial charge in [0.2, 0.25) is 0 Å². The molecule has 3 aromatic rings. The summed E-state index contributed by atoms with van der Waals surface area (Å²) in [6.07, 6.45) is 8.29. The smallest absolute Gasteiger partial charge is 0.161 e. The van der Waals surface area contributed by atoms with Gasteiger partial charge in [0.1, 0.15) is 17.5 Å². The molecule has 2 aromatic heterocycles. The van der Waals surface area contributed by atoms with Crippen LogP contribution in [0.1, 0.15) is 61.3 Å². The summed E-state index contributed by atoms with van der Waals surface area (Å²) >= 11 is 0. The Kier molecular flexibility index (Phi) is 5.15. The van der Waals surface area contributed by atoms with Crippen molar-refractivity contribution >= 4 is 11.5 Å². The number of nitrogens with zero attached hydrogens (tertiary/aromatic N) is 3. The molecule has 30 heavy (non-hydrogen) atoms. The van der Waals surface area contributed by atoms with E-state index in [0.717, 1.165) is 67.3 Å². The molecule has 2 heterocycles. The zero-order valence-corrected chi connectivity index (χ0v) is 16.8. The summed E-state index contributed by atoms with van der Waals surface area (Å²) in [6.45, 7) is 0.658. The van der Waals surface area contributed by atoms with Crippen LogP contribution in [0, 0.1) is 17.6 Å². The minimum absolute atomic E-state index is 0.213. The predicted octanol–water partition coefficient (Wildman–Crippen LogP) is 4.44. The number of benzene rings is 1. The fourth-order valence-corrected chi connectivity index (χ4v) is 4.52. The molecule has 0 saturated heterocycles. The van der Waals surface area contributed by atoms with Crippen molar-refractivity contribution in [3.05, 3.63) is 58.9 Å². The van der Waals surface area contributed by atoms with Crippen molar-refractivity contribution in [2.75, 3.05) is 11.9 Å². The first kappa shape index (κ1) is 19.4. The topological polar surface area (TPSA) is 62.5 Å². The van der Waals surface area contributed by atoms with Crippen molar-refractivity contribution < 1.29 is 13.9 Å². The lowest BCUT2D eigenvalue weighted by Crippen LogP contribution is -2.30. The molecule has 0 amide bonds. The number of hydrogen-bond acceptors (Lipinski definition) is 4. The number of aromatic nitrogens is 3. The van der Waals surface area contributed by atoms with Crippen LogP contribution < -0.4 is 5.32 Å². The fourth-order valence-electron chi connectivity index (χ4n) is 4.52. The number of hydrogen-bond donors (Lipinski definition) is 2. The summed E-state index contributed by atoms with van der Waals surface area (Å²) in [5.74, 6) is 0.253. The van der Waals surface area contributed by atoms with Crippen LogP contribution in [-0.2, 0) is 6.42 Å². The van der Waals surface area contributed by atoms with Crippen LogP contribution in [-0.4, -0.2) is 32.4 Å². The van der Waals surface area contributed by atoms with Crippen LogP contribution in [0.2, 0.25) is 0 Å². The predicted molar refractivity (Wildman–Crippen MR) is 111 cm³/mol. The van der Waals surface area contributed by atoms with Gasteiger partial charge < -0.3 is 10.4 Å². The third-order valence-corrected chi connectivity index (χ3v) is 6.31. The van der Waals surface area contributed by atoms with Crippen molar-refractivity contribution in [3.8, 4) is 0 Å². The van der Waals surface area contributed by atoms with Gasteiger partial charge in [-0.1, -0.05) is 12.8 Å². The van der Waals surface area contributed by atoms with E-state index in [1.807, 2.05) is 12.3 Å². The Morgan fingerprint density at radius 2 is 1.80 bits per heavy atom. The molecule has 2 atom stereocenters. The third kappa shape index (κ3) is 4.03. The summed E-state index contributed by atoms with van der Waals surface area (Å²) in [7, 11) is 0. The van der Waals surface area contributed by atoms with Crippen LogP contribution in [0.25, 0.3) is 5.65 Å². The summed E-state index contributed by atoms with van der Waals surface area (Å²) < 4.78 is 29.2. The highest BCUT2D eigenvalue weighted by atomic mass is 19.1. The monoisotopic (exact) mass is 412 g/mol. The van der Waals surface area contributed by atoms with Gasteiger partial charge >= 0.3 is 0 Å². The first-order chi connectivity index (χ1) is 14.6. The molecule has 2 fully saturated rings. The SMILES string of the molecule is O[C@@H]1CCCC[C@H]1CNc1cc(Cc2cc(F)cc(F)c2)n2ncc(C3CC3)c2n1. The number of anilines is 1. The number of fused-ring (bicyclic) bond motifs is 1. The molecule has 7 heteroatoms. The number of halogens is 2. The normalized spacial score (nSPS) is 21.8. The number of aliphatic hydroxyl groups is 1. The van der Waals surface area contributed by atoms with Gasteiger partial charge in [0.25, 0.3) is 0 Å². The van der Waals surface area contributed by atoms with Gasteiger partial charge in [0, 0.05) is 36.6 Å². The molecule has 1 aromatic carbocycles. The Labute approximate surface area is 174 Å². The Morgan fingerprint density at radius 3 is 2.53 bits per heavy atom. The molecule has 0 aliphatic heterocycles. The molecule has 0 radical (unpaired) electrons. The molecule has 0 bridgehead atoms. The minimum atomic E-state index is -0.584. The maximum atomic E-state index is 13.7. The second kappa shape index (κ2) is 7.95. The van der Waals surface area contributed by atoms with Crippen molar-refractivity contribution in [1.29, 1.82) is 0 Å². The lowest BCUT2D eigenvalue weighted by atomic mass is 9.86. The minimum Gasteiger partial charge on any atom is -0.393 e. The first-order valence-corrected chi connectivity index (χ1v) is 10.8. The molecular weight excluding hydrogens is 386 g/mol. The Hall–Kier alpha value is -2.54. The average molecular weight is 412 g/mol. The summed E-state index contributed by atoms with van der Waals surface area (Å²) in [6, 6.07) is 5.49. The molecule has 0 unspecified atom stereocenters. The zero-order chi connectivity index (χ0) is 20.7. The van der Waals surface area contributed by atoms with E-state index >= 15 is 0 Å². The summed E-state index contributed by atoms with van der Waals surface area (Å²) in [5.41, 5.74) is 3.31. The Balaban J connectivity index is 1.47. The molecule has 2 N–H and O–H groups in total. The van der Waals surface area contributed by atoms with E-state index < -0.39 is 11.6 Å². The highest BCUT2D eigenvalue weighted by Gasteiger charge is 2.28. The van der Waals surface area contributed by atoms with Crippen LogP contribution in [0.4, 0.5) is 14.6 Å². The highest BCUT2D eigenvalue weighted by Crippen LogP contribution is 2.42. The van der Waals surface area contributed by atoms with Crippen molar-refractivity contribution in [2.24, 2.45) is 5.92 Å². The fraction of sp³-hybridized carbons (Fsp3) is 0.478. The first-order valence-electron chi connectivity index (χ1n) is 10.8. The molecule has 2 aliphatic carbocycles. The maximum absolute atomic E-state index is 13.7. The molecule has 0 spiro atoms. The standard InChI is InChI=1S/C23H26F2N4O/c24-17-7-14(8-18(25)10-17)9-19-11-22(26-12-16-3-1-2-4-21(16)30)28-23-20(15-5-6-15)13-27-29(19)23/h7-8,10-11,13,15-16,21,30H,1-6,9,12H2,(H,26,28)/t16-,21+/m0/s1. The van der Waals surface area contributed by atoms with E-state index in [2.05, 4.69) is 10.4 Å². The molecule has 158 valence electrons. The van der Waals surface area contributed by atoms with Crippen LogP contribution in [0.15, 0.2) is 30.5 Å². The summed E-state index contributed by atoms with van der Waals surface area (Å²) in [5, 5.41) is 18.2. The van der Waals surface area contributed by atoms with Crippen molar-refractivity contribution in [1.82, 2.24) is 14.6 Å². The van der Waals surface area contributed by atoms with Gasteiger partial charge in [-0.25, -0.2) is 18.3 Å².